The lowest BCUT2D eigenvalue weighted by Crippen LogP contribution is -2.46. The van der Waals surface area contributed by atoms with Gasteiger partial charge in [0, 0.05) is 25.0 Å². The summed E-state index contributed by atoms with van der Waals surface area (Å²) in [7, 11) is 1.68. The number of nitrogens with two attached hydrogens (primary N) is 1. The van der Waals surface area contributed by atoms with E-state index in [-0.39, 0.29) is 24.4 Å². The summed E-state index contributed by atoms with van der Waals surface area (Å²) in [5, 5.41) is 2.61. The van der Waals surface area contributed by atoms with Gasteiger partial charge in [-0.3, -0.25) is 9.59 Å². The van der Waals surface area contributed by atoms with Gasteiger partial charge in [0.1, 0.15) is 0 Å². The number of hydrogen-bond donors (Lipinski definition) is 2. The second kappa shape index (κ2) is 5.84. The van der Waals surface area contributed by atoms with Gasteiger partial charge in [-0.1, -0.05) is 20.8 Å². The summed E-state index contributed by atoms with van der Waals surface area (Å²) >= 11 is 0. The second-order valence-electron chi connectivity index (χ2n) is 5.02. The monoisotopic (exact) mass is 229 g/mol. The van der Waals surface area contributed by atoms with Crippen LogP contribution in [-0.2, 0) is 9.59 Å². The highest BCUT2D eigenvalue weighted by atomic mass is 16.2. The molecule has 0 aliphatic rings. The molecule has 2 amide bonds. The number of hydrogen-bond acceptors (Lipinski definition) is 3. The molecule has 16 heavy (non-hydrogen) atoms. The minimum Gasteiger partial charge on any atom is -0.347 e. The Morgan fingerprint density at radius 2 is 1.88 bits per heavy atom. The van der Waals surface area contributed by atoms with E-state index in [2.05, 4.69) is 5.32 Å². The SMILES string of the molecule is CC(CN)N(C)C(=O)CNC(=O)C(C)(C)C. The Kier molecular flexibility index (Phi) is 5.44. The van der Waals surface area contributed by atoms with Crippen molar-refractivity contribution in [3.05, 3.63) is 0 Å². The van der Waals surface area contributed by atoms with E-state index >= 15 is 0 Å². The molecule has 0 aromatic carbocycles. The van der Waals surface area contributed by atoms with Crippen molar-refractivity contribution in [2.75, 3.05) is 20.1 Å². The molecule has 94 valence electrons. The van der Waals surface area contributed by atoms with Crippen LogP contribution in [0, 0.1) is 5.41 Å². The number of nitrogens with zero attached hydrogens (tertiary/aromatic N) is 1. The molecule has 3 N–H and O–H groups in total. The zero-order valence-corrected chi connectivity index (χ0v) is 10.8. The summed E-state index contributed by atoms with van der Waals surface area (Å²) < 4.78 is 0. The van der Waals surface area contributed by atoms with Crippen LogP contribution in [0.2, 0.25) is 0 Å². The number of amides is 2. The van der Waals surface area contributed by atoms with E-state index in [0.717, 1.165) is 0 Å². The molecular formula is C11H23N3O2. The third-order valence-corrected chi connectivity index (χ3v) is 2.48. The largest absolute Gasteiger partial charge is 0.347 e. The predicted octanol–water partition coefficient (Wildman–Crippen LogP) is -0.0457. The van der Waals surface area contributed by atoms with Gasteiger partial charge >= 0.3 is 0 Å². The zero-order chi connectivity index (χ0) is 12.9. The van der Waals surface area contributed by atoms with Gasteiger partial charge in [0.15, 0.2) is 0 Å². The highest BCUT2D eigenvalue weighted by molar-refractivity contribution is 5.87. The first kappa shape index (κ1) is 14.9. The Balaban J connectivity index is 4.13. The molecule has 0 heterocycles. The third kappa shape index (κ3) is 4.61. The third-order valence-electron chi connectivity index (χ3n) is 2.48. The van der Waals surface area contributed by atoms with Crippen LogP contribution in [0.3, 0.4) is 0 Å². The van der Waals surface area contributed by atoms with E-state index in [1.165, 1.54) is 0 Å². The normalized spacial score (nSPS) is 13.1. The van der Waals surface area contributed by atoms with E-state index in [0.29, 0.717) is 6.54 Å². The molecular weight excluding hydrogens is 206 g/mol. The minimum atomic E-state index is -0.474. The minimum absolute atomic E-state index is 0.0148. The van der Waals surface area contributed by atoms with Crippen molar-refractivity contribution in [1.82, 2.24) is 10.2 Å². The molecule has 0 aliphatic heterocycles. The Bertz CT molecular complexity index is 258. The van der Waals surface area contributed by atoms with E-state index in [4.69, 9.17) is 5.73 Å². The molecule has 5 heteroatoms. The molecule has 5 nitrogen and oxygen atoms in total. The van der Waals surface area contributed by atoms with Crippen LogP contribution >= 0.6 is 0 Å². The highest BCUT2D eigenvalue weighted by Gasteiger charge is 2.22. The van der Waals surface area contributed by atoms with Gasteiger partial charge < -0.3 is 16.0 Å². The van der Waals surface area contributed by atoms with Crippen LogP contribution in [0.4, 0.5) is 0 Å². The van der Waals surface area contributed by atoms with Gasteiger partial charge in [-0.2, -0.15) is 0 Å². The maximum Gasteiger partial charge on any atom is 0.241 e. The zero-order valence-electron chi connectivity index (χ0n) is 10.8. The van der Waals surface area contributed by atoms with E-state index < -0.39 is 5.41 Å². The van der Waals surface area contributed by atoms with Gasteiger partial charge in [-0.25, -0.2) is 0 Å². The van der Waals surface area contributed by atoms with Crippen LogP contribution in [0.25, 0.3) is 0 Å². The average Bonchev–Trinajstić information content (AvgIpc) is 2.21. The first-order valence-electron chi connectivity index (χ1n) is 5.44. The molecule has 0 saturated carbocycles. The Morgan fingerprint density at radius 3 is 2.25 bits per heavy atom. The molecule has 0 aliphatic carbocycles. The predicted molar refractivity (Wildman–Crippen MR) is 63.8 cm³/mol. The van der Waals surface area contributed by atoms with Gasteiger partial charge in [0.2, 0.25) is 11.8 Å². The van der Waals surface area contributed by atoms with Crippen molar-refractivity contribution in [2.24, 2.45) is 11.1 Å². The summed E-state index contributed by atoms with van der Waals surface area (Å²) in [5.41, 5.74) is 4.98. The molecule has 0 rings (SSSR count). The summed E-state index contributed by atoms with van der Waals surface area (Å²) in [5.74, 6) is -0.259. The number of rotatable bonds is 4. The fourth-order valence-electron chi connectivity index (χ4n) is 0.950. The molecule has 0 aromatic rings. The smallest absolute Gasteiger partial charge is 0.241 e. The average molecular weight is 229 g/mol. The summed E-state index contributed by atoms with van der Waals surface area (Å²) in [6.45, 7) is 7.72. The maximum atomic E-state index is 11.6. The van der Waals surface area contributed by atoms with Crippen LogP contribution < -0.4 is 11.1 Å². The molecule has 0 spiro atoms. The standard InChI is InChI=1S/C11H23N3O2/c1-8(6-12)14(5)9(15)7-13-10(16)11(2,3)4/h8H,6-7,12H2,1-5H3,(H,13,16). The van der Waals surface area contributed by atoms with Crippen molar-refractivity contribution >= 4 is 11.8 Å². The molecule has 0 fully saturated rings. The molecule has 0 aromatic heterocycles. The van der Waals surface area contributed by atoms with Gasteiger partial charge in [-0.05, 0) is 6.92 Å². The number of likely N-dealkylation sites (N-methyl/N-ethyl adjacent to an activating group) is 1. The second-order valence-corrected chi connectivity index (χ2v) is 5.02. The fraction of sp³-hybridized carbons (Fsp3) is 0.818. The number of carbonyl (C=O) groups excluding carboxylic acids is 2. The number of nitrogens with one attached hydrogen (secondary N) is 1. The van der Waals surface area contributed by atoms with Gasteiger partial charge in [0.25, 0.3) is 0 Å². The van der Waals surface area contributed by atoms with Crippen molar-refractivity contribution < 1.29 is 9.59 Å². The van der Waals surface area contributed by atoms with Crippen molar-refractivity contribution in [2.45, 2.75) is 33.7 Å². The molecule has 0 radical (unpaired) electrons. The highest BCUT2D eigenvalue weighted by Crippen LogP contribution is 2.12. The molecule has 0 saturated heterocycles. The molecule has 1 unspecified atom stereocenters. The van der Waals surface area contributed by atoms with E-state index in [1.807, 2.05) is 6.92 Å². The summed E-state index contributed by atoms with van der Waals surface area (Å²) in [6.07, 6.45) is 0. The Hall–Kier alpha value is -1.10. The lowest BCUT2D eigenvalue weighted by Gasteiger charge is -2.24. The Morgan fingerprint density at radius 1 is 1.38 bits per heavy atom. The fourth-order valence-corrected chi connectivity index (χ4v) is 0.950. The van der Waals surface area contributed by atoms with Crippen molar-refractivity contribution in [3.8, 4) is 0 Å². The first-order valence-corrected chi connectivity index (χ1v) is 5.44. The quantitative estimate of drug-likeness (QED) is 0.710. The van der Waals surface area contributed by atoms with Crippen molar-refractivity contribution in [1.29, 1.82) is 0 Å². The summed E-state index contributed by atoms with van der Waals surface area (Å²) in [4.78, 5) is 24.7. The van der Waals surface area contributed by atoms with Crippen LogP contribution in [0.1, 0.15) is 27.7 Å². The molecule has 0 bridgehead atoms. The van der Waals surface area contributed by atoms with E-state index in [1.54, 1.807) is 32.7 Å². The lowest BCUT2D eigenvalue weighted by molar-refractivity contribution is -0.135. The topological polar surface area (TPSA) is 75.4 Å². The maximum absolute atomic E-state index is 11.6. The van der Waals surface area contributed by atoms with Crippen LogP contribution in [0.5, 0.6) is 0 Å². The molecule has 1 atom stereocenters. The van der Waals surface area contributed by atoms with Gasteiger partial charge in [-0.15, -0.1) is 0 Å². The van der Waals surface area contributed by atoms with Crippen LogP contribution in [-0.4, -0.2) is 42.9 Å². The Labute approximate surface area is 97.4 Å². The van der Waals surface area contributed by atoms with E-state index in [9.17, 15) is 9.59 Å². The van der Waals surface area contributed by atoms with Crippen molar-refractivity contribution in [3.63, 3.8) is 0 Å². The first-order chi connectivity index (χ1) is 7.20. The van der Waals surface area contributed by atoms with Gasteiger partial charge in [0.05, 0.1) is 6.54 Å². The van der Waals surface area contributed by atoms with Crippen LogP contribution in [0.15, 0.2) is 0 Å². The lowest BCUT2D eigenvalue weighted by atomic mass is 9.96. The number of carbonyl (C=O) groups is 2. The summed E-state index contributed by atoms with van der Waals surface area (Å²) in [6, 6.07) is -0.0148.